The fourth-order valence-corrected chi connectivity index (χ4v) is 5.45. The molecule has 29 heavy (non-hydrogen) atoms. The van der Waals surface area contributed by atoms with Crippen LogP contribution in [0.1, 0.15) is 20.9 Å². The van der Waals surface area contributed by atoms with Gasteiger partial charge in [-0.25, -0.2) is 4.68 Å². The summed E-state index contributed by atoms with van der Waals surface area (Å²) in [7, 11) is 2.07. The van der Waals surface area contributed by atoms with E-state index in [1.807, 2.05) is 4.90 Å². The molecule has 1 aliphatic carbocycles. The lowest BCUT2D eigenvalue weighted by Gasteiger charge is -2.32. The molecule has 2 aliphatic rings. The zero-order valence-electron chi connectivity index (χ0n) is 15.9. The Labute approximate surface area is 182 Å². The number of hydrogen-bond acceptors (Lipinski definition) is 5. The molecule has 0 N–H and O–H groups in total. The third kappa shape index (κ3) is 3.17. The third-order valence-corrected chi connectivity index (χ3v) is 7.15. The quantitative estimate of drug-likeness (QED) is 0.599. The maximum absolute atomic E-state index is 13.4. The molecule has 1 aliphatic heterocycles. The Hall–Kier alpha value is -1.93. The molecule has 3 aromatic heterocycles. The predicted octanol–water partition coefficient (Wildman–Crippen LogP) is 3.79. The number of carbonyl (C=O) groups excluding carboxylic acids is 1. The number of halogens is 2. The second-order valence-corrected chi connectivity index (χ2v) is 9.21. The van der Waals surface area contributed by atoms with Gasteiger partial charge < -0.3 is 9.80 Å². The van der Waals surface area contributed by atoms with Gasteiger partial charge in [-0.15, -0.1) is 11.3 Å². The summed E-state index contributed by atoms with van der Waals surface area (Å²) in [6.07, 6.45) is 4.79. The predicted molar refractivity (Wildman–Crippen MR) is 116 cm³/mol. The van der Waals surface area contributed by atoms with E-state index in [9.17, 15) is 4.79 Å². The molecule has 0 atom stereocenters. The Morgan fingerprint density at radius 3 is 2.55 bits per heavy atom. The van der Waals surface area contributed by atoms with Crippen molar-refractivity contribution in [3.05, 3.63) is 50.0 Å². The van der Waals surface area contributed by atoms with Crippen LogP contribution in [0.15, 0.2) is 23.8 Å². The van der Waals surface area contributed by atoms with Gasteiger partial charge in [0.2, 0.25) is 0 Å². The van der Waals surface area contributed by atoms with E-state index in [2.05, 4.69) is 28.4 Å². The zero-order chi connectivity index (χ0) is 20.1. The molecule has 1 saturated heterocycles. The minimum atomic E-state index is -0.0203. The van der Waals surface area contributed by atoms with Gasteiger partial charge in [0.1, 0.15) is 5.69 Å². The van der Waals surface area contributed by atoms with Crippen LogP contribution in [-0.4, -0.2) is 63.7 Å². The average Bonchev–Trinajstić information content (AvgIpc) is 3.32. The van der Waals surface area contributed by atoms with Crippen molar-refractivity contribution in [2.75, 3.05) is 33.2 Å². The Morgan fingerprint density at radius 2 is 1.83 bits per heavy atom. The van der Waals surface area contributed by atoms with Gasteiger partial charge in [-0.3, -0.25) is 9.78 Å². The van der Waals surface area contributed by atoms with E-state index in [0.29, 0.717) is 34.5 Å². The fourth-order valence-electron chi connectivity index (χ4n) is 4.05. The molecule has 5 rings (SSSR count). The summed E-state index contributed by atoms with van der Waals surface area (Å²) < 4.78 is 1.75. The summed E-state index contributed by atoms with van der Waals surface area (Å²) in [6.45, 7) is 3.14. The normalized spacial score (nSPS) is 16.6. The van der Waals surface area contributed by atoms with Gasteiger partial charge in [0.15, 0.2) is 5.69 Å². The molecule has 4 heterocycles. The van der Waals surface area contributed by atoms with Crippen LogP contribution in [0, 0.1) is 0 Å². The first kappa shape index (κ1) is 19.1. The molecule has 3 aromatic rings. The molecule has 9 heteroatoms. The van der Waals surface area contributed by atoms with E-state index in [1.54, 1.807) is 28.4 Å². The van der Waals surface area contributed by atoms with Crippen molar-refractivity contribution in [3.63, 3.8) is 0 Å². The van der Waals surface area contributed by atoms with E-state index in [1.165, 1.54) is 4.88 Å². The van der Waals surface area contributed by atoms with Crippen molar-refractivity contribution in [3.8, 4) is 16.9 Å². The lowest BCUT2D eigenvalue weighted by atomic mass is 9.94. The van der Waals surface area contributed by atoms with Crippen LogP contribution in [0.2, 0.25) is 10.0 Å². The highest BCUT2D eigenvalue weighted by atomic mass is 35.5. The number of pyridine rings is 1. The van der Waals surface area contributed by atoms with Crippen molar-refractivity contribution in [2.24, 2.45) is 0 Å². The minimum absolute atomic E-state index is 0.0203. The van der Waals surface area contributed by atoms with Gasteiger partial charge in [-0.05, 0) is 31.3 Å². The van der Waals surface area contributed by atoms with E-state index < -0.39 is 0 Å². The first-order chi connectivity index (χ1) is 14.0. The van der Waals surface area contributed by atoms with Crippen LogP contribution in [0.25, 0.3) is 16.9 Å². The summed E-state index contributed by atoms with van der Waals surface area (Å²) in [5.74, 6) is -0.0203. The number of piperazine rings is 1. The maximum Gasteiger partial charge on any atom is 0.274 e. The lowest BCUT2D eigenvalue weighted by molar-refractivity contribution is 0.0656. The summed E-state index contributed by atoms with van der Waals surface area (Å²) in [6, 6.07) is 2.09. The number of aromatic nitrogens is 3. The standard InChI is InChI=1S/C20H19Cl2N5OS/c1-25-5-7-26(8-6-25)20(28)17-13-2-3-16-12(4-9-29-16)18(13)27(24-17)19-14(21)10-23-11-15(19)22/h4,9-11H,2-3,5-8H2,1H3. The highest BCUT2D eigenvalue weighted by Crippen LogP contribution is 2.41. The van der Waals surface area contributed by atoms with Crippen molar-refractivity contribution >= 4 is 40.4 Å². The van der Waals surface area contributed by atoms with Crippen molar-refractivity contribution in [2.45, 2.75) is 12.8 Å². The second kappa shape index (κ2) is 7.40. The fraction of sp³-hybridized carbons (Fsp3) is 0.350. The summed E-state index contributed by atoms with van der Waals surface area (Å²) in [4.78, 5) is 22.9. The van der Waals surface area contributed by atoms with Crippen molar-refractivity contribution < 1.29 is 4.79 Å². The molecule has 0 bridgehead atoms. The van der Waals surface area contributed by atoms with Crippen LogP contribution >= 0.6 is 34.5 Å². The first-order valence-electron chi connectivity index (χ1n) is 9.50. The number of aryl methyl sites for hydroxylation is 1. The van der Waals surface area contributed by atoms with Crippen LogP contribution in [0.5, 0.6) is 0 Å². The Morgan fingerprint density at radius 1 is 1.10 bits per heavy atom. The number of amides is 1. The van der Waals surface area contributed by atoms with E-state index in [0.717, 1.165) is 42.8 Å². The number of likely N-dealkylation sites (N-methyl/N-ethyl adjacent to an activating group) is 1. The van der Waals surface area contributed by atoms with Crippen molar-refractivity contribution in [1.29, 1.82) is 0 Å². The van der Waals surface area contributed by atoms with Gasteiger partial charge in [-0.2, -0.15) is 5.10 Å². The van der Waals surface area contributed by atoms with Crippen molar-refractivity contribution in [1.82, 2.24) is 24.6 Å². The minimum Gasteiger partial charge on any atom is -0.335 e. The molecule has 0 spiro atoms. The summed E-state index contributed by atoms with van der Waals surface area (Å²) >= 11 is 14.6. The Bertz CT molecular complexity index is 1080. The highest BCUT2D eigenvalue weighted by molar-refractivity contribution is 7.10. The highest BCUT2D eigenvalue weighted by Gasteiger charge is 2.33. The maximum atomic E-state index is 13.4. The Balaban J connectivity index is 1.68. The molecule has 1 amide bonds. The SMILES string of the molecule is CN1CCN(C(=O)c2nn(-c3c(Cl)cncc3Cl)c3c2CCc2sccc2-3)CC1. The largest absolute Gasteiger partial charge is 0.335 e. The van der Waals surface area contributed by atoms with Gasteiger partial charge in [-0.1, -0.05) is 23.2 Å². The first-order valence-corrected chi connectivity index (χ1v) is 11.1. The number of nitrogens with zero attached hydrogens (tertiary/aromatic N) is 5. The molecular formula is C20H19Cl2N5OS. The van der Waals surface area contributed by atoms with Gasteiger partial charge in [0.05, 0.1) is 15.7 Å². The average molecular weight is 448 g/mol. The molecule has 6 nitrogen and oxygen atoms in total. The van der Waals surface area contributed by atoms with Crippen LogP contribution in [-0.2, 0) is 12.8 Å². The summed E-state index contributed by atoms with van der Waals surface area (Å²) in [5, 5.41) is 7.67. The van der Waals surface area contributed by atoms with Crippen LogP contribution in [0.4, 0.5) is 0 Å². The molecule has 0 saturated carbocycles. The number of rotatable bonds is 2. The molecular weight excluding hydrogens is 429 g/mol. The van der Waals surface area contributed by atoms with E-state index >= 15 is 0 Å². The zero-order valence-corrected chi connectivity index (χ0v) is 18.2. The molecule has 150 valence electrons. The molecule has 0 aromatic carbocycles. The number of hydrogen-bond donors (Lipinski definition) is 0. The second-order valence-electron chi connectivity index (χ2n) is 7.39. The number of fused-ring (bicyclic) bond motifs is 3. The van der Waals surface area contributed by atoms with E-state index in [-0.39, 0.29) is 5.91 Å². The summed E-state index contributed by atoms with van der Waals surface area (Å²) in [5.41, 5.74) is 4.07. The van der Waals surface area contributed by atoms with Gasteiger partial charge >= 0.3 is 0 Å². The topological polar surface area (TPSA) is 54.3 Å². The van der Waals surface area contributed by atoms with E-state index in [4.69, 9.17) is 28.3 Å². The molecule has 0 unspecified atom stereocenters. The number of thiophene rings is 1. The third-order valence-electron chi connectivity index (χ3n) is 5.62. The molecule has 0 radical (unpaired) electrons. The molecule has 1 fully saturated rings. The van der Waals surface area contributed by atoms with Gasteiger partial charge in [0, 0.05) is 54.6 Å². The monoisotopic (exact) mass is 447 g/mol. The Kier molecular flexibility index (Phi) is 4.86. The van der Waals surface area contributed by atoms with Crippen LogP contribution < -0.4 is 0 Å². The van der Waals surface area contributed by atoms with Crippen LogP contribution in [0.3, 0.4) is 0 Å². The lowest BCUT2D eigenvalue weighted by Crippen LogP contribution is -2.47. The smallest absolute Gasteiger partial charge is 0.274 e. The number of carbonyl (C=O) groups is 1. The van der Waals surface area contributed by atoms with Gasteiger partial charge in [0.25, 0.3) is 5.91 Å².